The molecule has 0 amide bonds. The second-order valence-corrected chi connectivity index (χ2v) is 4.01. The van der Waals surface area contributed by atoms with E-state index in [1.807, 2.05) is 32.0 Å². The van der Waals surface area contributed by atoms with Gasteiger partial charge in [0.2, 0.25) is 0 Å². The van der Waals surface area contributed by atoms with Gasteiger partial charge in [-0.15, -0.1) is 0 Å². The smallest absolute Gasteiger partial charge is 0.128 e. The maximum absolute atomic E-state index is 9.34. The van der Waals surface area contributed by atoms with Crippen LogP contribution in [-0.2, 0) is 0 Å². The first-order valence-electron chi connectivity index (χ1n) is 5.90. The van der Waals surface area contributed by atoms with Crippen molar-refractivity contribution >= 4 is 11.6 Å². The minimum atomic E-state index is -0.710. The standard InChI is InChI=1S/C12H21N3O2/c1-3-12(8-16,9-17)15-11-7-5-6-10(14-11)13-4-2/h5-7,16-17H,3-4,8-9H2,1-2H3,(H2,13,14,15). The Balaban J connectivity index is 2.82. The highest BCUT2D eigenvalue weighted by atomic mass is 16.3. The number of nitrogens with zero attached hydrogens (tertiary/aromatic N) is 1. The SMILES string of the molecule is CCNc1cccc(NC(CC)(CO)CO)n1. The summed E-state index contributed by atoms with van der Waals surface area (Å²) in [7, 11) is 0. The molecular weight excluding hydrogens is 218 g/mol. The summed E-state index contributed by atoms with van der Waals surface area (Å²) in [6.07, 6.45) is 0.618. The Hall–Kier alpha value is -1.33. The summed E-state index contributed by atoms with van der Waals surface area (Å²) in [5.74, 6) is 1.42. The van der Waals surface area contributed by atoms with Crippen molar-refractivity contribution in [2.24, 2.45) is 0 Å². The molecular formula is C12H21N3O2. The molecule has 0 spiro atoms. The predicted octanol–water partition coefficient (Wildman–Crippen LogP) is 1.06. The molecule has 5 nitrogen and oxygen atoms in total. The molecule has 5 heteroatoms. The Bertz CT molecular complexity index is 332. The molecule has 0 saturated heterocycles. The molecule has 4 N–H and O–H groups in total. The van der Waals surface area contributed by atoms with Crippen molar-refractivity contribution in [3.05, 3.63) is 18.2 Å². The molecule has 0 bridgehead atoms. The number of anilines is 2. The van der Waals surface area contributed by atoms with E-state index >= 15 is 0 Å². The molecule has 0 unspecified atom stereocenters. The van der Waals surface area contributed by atoms with Crippen LogP contribution in [0.15, 0.2) is 18.2 Å². The third kappa shape index (κ3) is 3.57. The van der Waals surface area contributed by atoms with Gasteiger partial charge in [0, 0.05) is 6.54 Å². The molecule has 0 aliphatic rings. The number of hydrogen-bond donors (Lipinski definition) is 4. The van der Waals surface area contributed by atoms with E-state index in [9.17, 15) is 10.2 Å². The second kappa shape index (κ2) is 6.42. The molecule has 0 fully saturated rings. The Morgan fingerprint density at radius 3 is 2.35 bits per heavy atom. The van der Waals surface area contributed by atoms with Crippen LogP contribution in [0.5, 0.6) is 0 Å². The predicted molar refractivity (Wildman–Crippen MR) is 69.2 cm³/mol. The van der Waals surface area contributed by atoms with Gasteiger partial charge in [-0.2, -0.15) is 0 Å². The highest BCUT2D eigenvalue weighted by Gasteiger charge is 2.26. The number of pyridine rings is 1. The van der Waals surface area contributed by atoms with Crippen LogP contribution < -0.4 is 10.6 Å². The molecule has 0 aliphatic carbocycles. The number of aromatic nitrogens is 1. The second-order valence-electron chi connectivity index (χ2n) is 4.01. The van der Waals surface area contributed by atoms with Gasteiger partial charge in [-0.25, -0.2) is 4.98 Å². The largest absolute Gasteiger partial charge is 0.394 e. The lowest BCUT2D eigenvalue weighted by Gasteiger charge is -2.30. The minimum Gasteiger partial charge on any atom is -0.394 e. The van der Waals surface area contributed by atoms with Gasteiger partial charge in [-0.05, 0) is 25.5 Å². The van der Waals surface area contributed by atoms with E-state index in [0.29, 0.717) is 12.2 Å². The van der Waals surface area contributed by atoms with Crippen molar-refractivity contribution in [2.45, 2.75) is 25.8 Å². The maximum Gasteiger partial charge on any atom is 0.128 e. The maximum atomic E-state index is 9.34. The third-order valence-electron chi connectivity index (χ3n) is 2.78. The van der Waals surface area contributed by atoms with E-state index in [2.05, 4.69) is 15.6 Å². The molecule has 1 heterocycles. The summed E-state index contributed by atoms with van der Waals surface area (Å²) in [6, 6.07) is 5.57. The van der Waals surface area contributed by atoms with Gasteiger partial charge in [0.05, 0.1) is 18.8 Å². The lowest BCUT2D eigenvalue weighted by atomic mass is 9.98. The zero-order chi connectivity index (χ0) is 12.7. The summed E-state index contributed by atoms with van der Waals surface area (Å²) < 4.78 is 0. The number of nitrogens with one attached hydrogen (secondary N) is 2. The number of aliphatic hydroxyl groups is 2. The summed E-state index contributed by atoms with van der Waals surface area (Å²) in [4.78, 5) is 4.35. The van der Waals surface area contributed by atoms with Crippen LogP contribution in [0, 0.1) is 0 Å². The first kappa shape index (κ1) is 13.7. The van der Waals surface area contributed by atoms with Crippen LogP contribution in [0.4, 0.5) is 11.6 Å². The lowest BCUT2D eigenvalue weighted by molar-refractivity contribution is 0.132. The van der Waals surface area contributed by atoms with Crippen LogP contribution in [0.1, 0.15) is 20.3 Å². The van der Waals surface area contributed by atoms with E-state index in [1.54, 1.807) is 0 Å². The van der Waals surface area contributed by atoms with E-state index in [-0.39, 0.29) is 13.2 Å². The van der Waals surface area contributed by atoms with E-state index in [1.165, 1.54) is 0 Å². The van der Waals surface area contributed by atoms with Crippen molar-refractivity contribution in [1.29, 1.82) is 0 Å². The quantitative estimate of drug-likeness (QED) is 0.572. The van der Waals surface area contributed by atoms with Crippen LogP contribution in [0.2, 0.25) is 0 Å². The van der Waals surface area contributed by atoms with Gasteiger partial charge < -0.3 is 20.8 Å². The topological polar surface area (TPSA) is 77.4 Å². The van der Waals surface area contributed by atoms with Gasteiger partial charge in [0.1, 0.15) is 11.6 Å². The normalized spacial score (nSPS) is 11.3. The molecule has 1 rings (SSSR count). The number of aliphatic hydroxyl groups excluding tert-OH is 2. The van der Waals surface area contributed by atoms with Gasteiger partial charge in [0.25, 0.3) is 0 Å². The van der Waals surface area contributed by atoms with Crippen LogP contribution in [0.25, 0.3) is 0 Å². The Morgan fingerprint density at radius 1 is 1.18 bits per heavy atom. The minimum absolute atomic E-state index is 0.132. The van der Waals surface area contributed by atoms with Crippen LogP contribution in [0.3, 0.4) is 0 Å². The molecule has 0 atom stereocenters. The fraction of sp³-hybridized carbons (Fsp3) is 0.583. The van der Waals surface area contributed by atoms with Crippen molar-refractivity contribution in [3.8, 4) is 0 Å². The van der Waals surface area contributed by atoms with Crippen molar-refractivity contribution < 1.29 is 10.2 Å². The third-order valence-corrected chi connectivity index (χ3v) is 2.78. The first-order valence-corrected chi connectivity index (χ1v) is 5.90. The molecule has 96 valence electrons. The van der Waals surface area contributed by atoms with Crippen molar-refractivity contribution in [3.63, 3.8) is 0 Å². The fourth-order valence-electron chi connectivity index (χ4n) is 1.50. The molecule has 0 aliphatic heterocycles. The van der Waals surface area contributed by atoms with E-state index in [0.717, 1.165) is 12.4 Å². The van der Waals surface area contributed by atoms with Crippen molar-refractivity contribution in [1.82, 2.24) is 4.98 Å². The fourth-order valence-corrected chi connectivity index (χ4v) is 1.50. The van der Waals surface area contributed by atoms with Crippen molar-refractivity contribution in [2.75, 3.05) is 30.4 Å². The zero-order valence-electron chi connectivity index (χ0n) is 10.4. The molecule has 1 aromatic rings. The summed E-state index contributed by atoms with van der Waals surface area (Å²) in [5.41, 5.74) is -0.710. The summed E-state index contributed by atoms with van der Waals surface area (Å²) in [6.45, 7) is 4.45. The Labute approximate surface area is 102 Å². The number of rotatable bonds is 7. The molecule has 0 aromatic carbocycles. The number of hydrogen-bond acceptors (Lipinski definition) is 5. The summed E-state index contributed by atoms with van der Waals surface area (Å²) >= 11 is 0. The van der Waals surface area contributed by atoms with E-state index in [4.69, 9.17) is 0 Å². The molecule has 17 heavy (non-hydrogen) atoms. The van der Waals surface area contributed by atoms with Crippen LogP contribution >= 0.6 is 0 Å². The van der Waals surface area contributed by atoms with E-state index < -0.39 is 5.54 Å². The lowest BCUT2D eigenvalue weighted by Crippen LogP contribution is -2.45. The Kier molecular flexibility index (Phi) is 5.18. The first-order chi connectivity index (χ1) is 8.19. The molecule has 1 aromatic heterocycles. The van der Waals surface area contributed by atoms with Gasteiger partial charge in [0.15, 0.2) is 0 Å². The van der Waals surface area contributed by atoms with Gasteiger partial charge in [-0.3, -0.25) is 0 Å². The monoisotopic (exact) mass is 239 g/mol. The average molecular weight is 239 g/mol. The average Bonchev–Trinajstić information content (AvgIpc) is 2.37. The highest BCUT2D eigenvalue weighted by molar-refractivity contribution is 5.46. The Morgan fingerprint density at radius 2 is 1.82 bits per heavy atom. The van der Waals surface area contributed by atoms with Gasteiger partial charge in [-0.1, -0.05) is 13.0 Å². The van der Waals surface area contributed by atoms with Crippen LogP contribution in [-0.4, -0.2) is 40.5 Å². The summed E-state index contributed by atoms with van der Waals surface area (Å²) in [5, 5.41) is 24.9. The molecule has 0 saturated carbocycles. The van der Waals surface area contributed by atoms with Gasteiger partial charge >= 0.3 is 0 Å². The molecule has 0 radical (unpaired) electrons. The zero-order valence-corrected chi connectivity index (χ0v) is 10.4. The highest BCUT2D eigenvalue weighted by Crippen LogP contribution is 2.18.